The summed E-state index contributed by atoms with van der Waals surface area (Å²) >= 11 is 11.7. The lowest BCUT2D eigenvalue weighted by molar-refractivity contribution is 0.879. The number of rotatable bonds is 5. The Morgan fingerprint density at radius 1 is 1.00 bits per heavy atom. The first-order chi connectivity index (χ1) is 14.6. The number of thiocarbonyl (C=S) groups is 1. The van der Waals surface area contributed by atoms with E-state index in [1.54, 1.807) is 0 Å². The lowest BCUT2D eigenvalue weighted by atomic mass is 10.1. The van der Waals surface area contributed by atoms with E-state index < -0.39 is 0 Å². The Balaban J connectivity index is 1.54. The maximum absolute atomic E-state index is 6.21. The zero-order valence-corrected chi connectivity index (χ0v) is 18.0. The molecule has 0 amide bonds. The van der Waals surface area contributed by atoms with Gasteiger partial charge in [0, 0.05) is 34.6 Å². The molecule has 3 aromatic carbocycles. The number of nitrogens with one attached hydrogen (secondary N) is 2. The molecule has 2 N–H and O–H groups in total. The van der Waals surface area contributed by atoms with Crippen molar-refractivity contribution in [3.63, 3.8) is 0 Å². The van der Waals surface area contributed by atoms with E-state index in [0.29, 0.717) is 16.7 Å². The highest BCUT2D eigenvalue weighted by molar-refractivity contribution is 7.80. The summed E-state index contributed by atoms with van der Waals surface area (Å²) in [5, 5.41) is 12.5. The Labute approximate surface area is 186 Å². The van der Waals surface area contributed by atoms with Crippen LogP contribution in [-0.4, -0.2) is 14.9 Å². The fraction of sp³-hybridized carbons (Fsp3) is 0.0833. The van der Waals surface area contributed by atoms with Gasteiger partial charge in [-0.2, -0.15) is 5.10 Å². The number of nitrogens with zero attached hydrogens (tertiary/aromatic N) is 2. The van der Waals surface area contributed by atoms with Crippen LogP contribution in [0, 0.1) is 6.92 Å². The molecular formula is C24H21ClN4S. The summed E-state index contributed by atoms with van der Waals surface area (Å²) in [6.07, 6.45) is 2.04. The zero-order chi connectivity index (χ0) is 20.9. The van der Waals surface area contributed by atoms with Crippen LogP contribution in [0.1, 0.15) is 11.1 Å². The zero-order valence-electron chi connectivity index (χ0n) is 16.5. The molecule has 4 rings (SSSR count). The van der Waals surface area contributed by atoms with E-state index in [4.69, 9.17) is 28.9 Å². The molecule has 0 aliphatic carbocycles. The monoisotopic (exact) mass is 432 g/mol. The molecule has 0 bridgehead atoms. The molecule has 4 aromatic rings. The van der Waals surface area contributed by atoms with Gasteiger partial charge < -0.3 is 10.6 Å². The third kappa shape index (κ3) is 4.70. The quantitative estimate of drug-likeness (QED) is 0.380. The van der Waals surface area contributed by atoms with E-state index in [1.807, 2.05) is 84.5 Å². The number of hydrogen-bond acceptors (Lipinski definition) is 2. The molecule has 0 atom stereocenters. The lowest BCUT2D eigenvalue weighted by Gasteiger charge is -2.11. The minimum atomic E-state index is 0.529. The molecule has 30 heavy (non-hydrogen) atoms. The number of anilines is 1. The van der Waals surface area contributed by atoms with Crippen molar-refractivity contribution in [1.82, 2.24) is 15.1 Å². The van der Waals surface area contributed by atoms with Crippen molar-refractivity contribution in [2.75, 3.05) is 5.32 Å². The molecule has 6 heteroatoms. The molecule has 150 valence electrons. The Hall–Kier alpha value is -3.15. The summed E-state index contributed by atoms with van der Waals surface area (Å²) in [5.41, 5.74) is 5.93. The van der Waals surface area contributed by atoms with Crippen LogP contribution in [0.15, 0.2) is 85.1 Å². The Kier molecular flexibility index (Phi) is 6.12. The van der Waals surface area contributed by atoms with Crippen molar-refractivity contribution in [2.24, 2.45) is 0 Å². The highest BCUT2D eigenvalue weighted by Gasteiger charge is 2.12. The predicted molar refractivity (Wildman–Crippen MR) is 128 cm³/mol. The minimum Gasteiger partial charge on any atom is -0.358 e. The van der Waals surface area contributed by atoms with E-state index in [9.17, 15) is 0 Å². The predicted octanol–water partition coefficient (Wildman–Crippen LogP) is 5.99. The van der Waals surface area contributed by atoms with Gasteiger partial charge in [0.1, 0.15) is 0 Å². The van der Waals surface area contributed by atoms with Crippen molar-refractivity contribution in [3.05, 3.63) is 101 Å². The average Bonchev–Trinajstić information content (AvgIpc) is 3.20. The molecule has 1 heterocycles. The minimum absolute atomic E-state index is 0.529. The van der Waals surface area contributed by atoms with Crippen LogP contribution >= 0.6 is 23.8 Å². The van der Waals surface area contributed by atoms with Gasteiger partial charge in [0.15, 0.2) is 5.11 Å². The van der Waals surface area contributed by atoms with E-state index in [0.717, 1.165) is 33.8 Å². The molecule has 4 nitrogen and oxygen atoms in total. The van der Waals surface area contributed by atoms with Crippen molar-refractivity contribution < 1.29 is 0 Å². The summed E-state index contributed by atoms with van der Waals surface area (Å²) in [6, 6.07) is 26.0. The molecule has 0 fully saturated rings. The molecular weight excluding hydrogens is 412 g/mol. The molecule has 0 saturated carbocycles. The second kappa shape index (κ2) is 9.11. The van der Waals surface area contributed by atoms with Crippen molar-refractivity contribution in [1.29, 1.82) is 0 Å². The van der Waals surface area contributed by atoms with Crippen LogP contribution in [0.4, 0.5) is 5.69 Å². The second-order valence-electron chi connectivity index (χ2n) is 6.92. The molecule has 0 aliphatic heterocycles. The van der Waals surface area contributed by atoms with Crippen LogP contribution in [-0.2, 0) is 6.54 Å². The van der Waals surface area contributed by atoms with Crippen LogP contribution in [0.3, 0.4) is 0 Å². The van der Waals surface area contributed by atoms with Crippen molar-refractivity contribution in [3.8, 4) is 16.9 Å². The average molecular weight is 433 g/mol. The van der Waals surface area contributed by atoms with Gasteiger partial charge in [0.2, 0.25) is 0 Å². The first-order valence-electron chi connectivity index (χ1n) is 9.60. The van der Waals surface area contributed by atoms with Gasteiger partial charge in [0.05, 0.1) is 11.4 Å². The maximum Gasteiger partial charge on any atom is 0.171 e. The number of benzene rings is 3. The second-order valence-corrected chi connectivity index (χ2v) is 7.74. The topological polar surface area (TPSA) is 41.9 Å². The summed E-state index contributed by atoms with van der Waals surface area (Å²) in [7, 11) is 0. The van der Waals surface area contributed by atoms with E-state index in [-0.39, 0.29) is 0 Å². The van der Waals surface area contributed by atoms with Crippen molar-refractivity contribution in [2.45, 2.75) is 13.5 Å². The molecule has 0 unspecified atom stereocenters. The van der Waals surface area contributed by atoms with E-state index in [1.165, 1.54) is 0 Å². The first kappa shape index (κ1) is 20.1. The Morgan fingerprint density at radius 2 is 1.70 bits per heavy atom. The van der Waals surface area contributed by atoms with Crippen LogP contribution in [0.2, 0.25) is 5.02 Å². The fourth-order valence-electron chi connectivity index (χ4n) is 3.11. The Bertz CT molecular complexity index is 1160. The fourth-order valence-corrected chi connectivity index (χ4v) is 3.48. The molecule has 0 radical (unpaired) electrons. The van der Waals surface area contributed by atoms with E-state index >= 15 is 0 Å². The molecule has 0 saturated heterocycles. The maximum atomic E-state index is 6.21. The van der Waals surface area contributed by atoms with Gasteiger partial charge in [-0.25, -0.2) is 4.68 Å². The van der Waals surface area contributed by atoms with Crippen LogP contribution in [0.25, 0.3) is 16.9 Å². The largest absolute Gasteiger partial charge is 0.358 e. The molecule has 1 aromatic heterocycles. The van der Waals surface area contributed by atoms with Crippen molar-refractivity contribution >= 4 is 34.6 Å². The number of aryl methyl sites for hydroxylation is 1. The molecule has 0 aliphatic rings. The number of hydrogen-bond donors (Lipinski definition) is 2. The van der Waals surface area contributed by atoms with Gasteiger partial charge in [-0.15, -0.1) is 0 Å². The first-order valence-corrected chi connectivity index (χ1v) is 10.4. The number of para-hydroxylation sites is 1. The summed E-state index contributed by atoms with van der Waals surface area (Å²) in [4.78, 5) is 0. The highest BCUT2D eigenvalue weighted by atomic mass is 35.5. The number of halogens is 1. The highest BCUT2D eigenvalue weighted by Crippen LogP contribution is 2.24. The standard InChI is InChI=1S/C24H21ClN4S/c1-17-12-13-20(14-22(17)25)27-24(30)26-15-19-16-29(21-10-6-3-7-11-21)28-23(19)18-8-4-2-5-9-18/h2-14,16H,15H2,1H3,(H2,26,27,30). The Morgan fingerprint density at radius 3 is 2.40 bits per heavy atom. The SMILES string of the molecule is Cc1ccc(NC(=S)NCc2cn(-c3ccccc3)nc2-c2ccccc2)cc1Cl. The number of aromatic nitrogens is 2. The van der Waals surface area contributed by atoms with Crippen LogP contribution < -0.4 is 10.6 Å². The molecule has 0 spiro atoms. The summed E-state index contributed by atoms with van der Waals surface area (Å²) < 4.78 is 1.90. The normalized spacial score (nSPS) is 10.6. The lowest BCUT2D eigenvalue weighted by Crippen LogP contribution is -2.27. The van der Waals surface area contributed by atoms with Gasteiger partial charge >= 0.3 is 0 Å². The van der Waals surface area contributed by atoms with Crippen LogP contribution in [0.5, 0.6) is 0 Å². The van der Waals surface area contributed by atoms with Gasteiger partial charge in [-0.1, -0.05) is 66.2 Å². The summed E-state index contributed by atoms with van der Waals surface area (Å²) in [5.74, 6) is 0. The third-order valence-electron chi connectivity index (χ3n) is 4.73. The summed E-state index contributed by atoms with van der Waals surface area (Å²) in [6.45, 7) is 2.51. The van der Waals surface area contributed by atoms with Gasteiger partial charge in [-0.3, -0.25) is 0 Å². The van der Waals surface area contributed by atoms with Gasteiger partial charge in [0.25, 0.3) is 0 Å². The smallest absolute Gasteiger partial charge is 0.171 e. The third-order valence-corrected chi connectivity index (χ3v) is 5.38. The van der Waals surface area contributed by atoms with Gasteiger partial charge in [-0.05, 0) is 49.0 Å². The van der Waals surface area contributed by atoms with E-state index in [2.05, 4.69) is 22.8 Å².